The smallest absolute Gasteiger partial charge is 0.376 e. The molecule has 1 amide bonds. The zero-order valence-corrected chi connectivity index (χ0v) is 4.64. The molecule has 60 valence electrons. The fourth-order valence-electron chi connectivity index (χ4n) is 0.228. The lowest BCUT2D eigenvalue weighted by molar-refractivity contribution is -0.205. The number of hydrogen-bond acceptors (Lipinski definition) is 3. The topological polar surface area (TPSA) is 75.3 Å². The van der Waals surface area contributed by atoms with Crippen LogP contribution in [0.2, 0.25) is 0 Å². The molecule has 0 heterocycles. The van der Waals surface area contributed by atoms with Gasteiger partial charge in [-0.25, -0.2) is 5.84 Å². The number of aliphatic hydroxyl groups excluding tert-OH is 1. The highest BCUT2D eigenvalue weighted by Crippen LogP contribution is 2.19. The van der Waals surface area contributed by atoms with Crippen molar-refractivity contribution in [3.05, 3.63) is 0 Å². The van der Waals surface area contributed by atoms with Crippen LogP contribution < -0.4 is 11.3 Å². The highest BCUT2D eigenvalue weighted by Gasteiger charge is 2.43. The number of halogens is 3. The molecular formula is C3H5F3N2O2. The summed E-state index contributed by atoms with van der Waals surface area (Å²) in [7, 11) is 0. The van der Waals surface area contributed by atoms with Gasteiger partial charge in [0.15, 0.2) is 0 Å². The standard InChI is InChI=1S/C3H5F3N2O2/c4-3(5,6)1(9)2(10)8-7/h1,9H,7H2,(H,8,10)/t1-/m1/s1. The molecule has 1 atom stereocenters. The van der Waals surface area contributed by atoms with E-state index in [-0.39, 0.29) is 0 Å². The lowest BCUT2D eigenvalue weighted by Crippen LogP contribution is -2.46. The highest BCUT2D eigenvalue weighted by atomic mass is 19.4. The van der Waals surface area contributed by atoms with E-state index in [2.05, 4.69) is 5.84 Å². The fourth-order valence-corrected chi connectivity index (χ4v) is 0.228. The molecule has 0 bridgehead atoms. The van der Waals surface area contributed by atoms with E-state index in [0.717, 1.165) is 5.43 Å². The van der Waals surface area contributed by atoms with Crippen molar-refractivity contribution in [2.24, 2.45) is 5.84 Å². The molecule has 0 aliphatic carbocycles. The number of carbonyl (C=O) groups is 1. The molecule has 4 nitrogen and oxygen atoms in total. The molecule has 0 aromatic heterocycles. The Balaban J connectivity index is 4.08. The second-order valence-corrected chi connectivity index (χ2v) is 1.45. The van der Waals surface area contributed by atoms with Gasteiger partial charge in [-0.1, -0.05) is 0 Å². The van der Waals surface area contributed by atoms with Crippen LogP contribution in [-0.4, -0.2) is 23.3 Å². The molecule has 0 saturated heterocycles. The zero-order valence-electron chi connectivity index (χ0n) is 4.64. The van der Waals surface area contributed by atoms with Crippen molar-refractivity contribution in [3.63, 3.8) is 0 Å². The summed E-state index contributed by atoms with van der Waals surface area (Å²) < 4.78 is 34.0. The Bertz CT molecular complexity index is 134. The van der Waals surface area contributed by atoms with E-state index in [1.165, 1.54) is 0 Å². The molecular weight excluding hydrogens is 153 g/mol. The Morgan fingerprint density at radius 2 is 2.00 bits per heavy atom. The summed E-state index contributed by atoms with van der Waals surface area (Å²) in [5, 5.41) is 8.04. The lowest BCUT2D eigenvalue weighted by Gasteiger charge is -2.11. The monoisotopic (exact) mass is 158 g/mol. The normalized spacial score (nSPS) is 14.5. The van der Waals surface area contributed by atoms with Crippen molar-refractivity contribution in [3.8, 4) is 0 Å². The van der Waals surface area contributed by atoms with Gasteiger partial charge < -0.3 is 5.11 Å². The molecule has 0 unspecified atom stereocenters. The van der Waals surface area contributed by atoms with Gasteiger partial charge in [-0.05, 0) is 0 Å². The molecule has 0 aromatic carbocycles. The first-order chi connectivity index (χ1) is 4.39. The van der Waals surface area contributed by atoms with E-state index >= 15 is 0 Å². The van der Waals surface area contributed by atoms with Crippen molar-refractivity contribution in [1.29, 1.82) is 0 Å². The van der Waals surface area contributed by atoms with Gasteiger partial charge >= 0.3 is 6.18 Å². The number of nitrogens with two attached hydrogens (primary N) is 1. The minimum absolute atomic E-state index is 1.16. The predicted molar refractivity (Wildman–Crippen MR) is 24.4 cm³/mol. The van der Waals surface area contributed by atoms with Gasteiger partial charge in [-0.2, -0.15) is 13.2 Å². The largest absolute Gasteiger partial charge is 0.423 e. The minimum atomic E-state index is -4.95. The van der Waals surface area contributed by atoms with Crippen LogP contribution in [0.25, 0.3) is 0 Å². The maximum absolute atomic E-state index is 11.3. The van der Waals surface area contributed by atoms with Crippen molar-refractivity contribution in [2.45, 2.75) is 12.3 Å². The maximum atomic E-state index is 11.3. The number of aliphatic hydroxyl groups is 1. The summed E-state index contributed by atoms with van der Waals surface area (Å²) in [6.07, 6.45) is -8.00. The average molecular weight is 158 g/mol. The first-order valence-electron chi connectivity index (χ1n) is 2.15. The second kappa shape index (κ2) is 2.84. The number of hydrazine groups is 1. The SMILES string of the molecule is NNC(=O)[C@@H](O)C(F)(F)F. The van der Waals surface area contributed by atoms with E-state index in [9.17, 15) is 18.0 Å². The van der Waals surface area contributed by atoms with E-state index in [1.54, 1.807) is 0 Å². The number of carbonyl (C=O) groups excluding carboxylic acids is 1. The van der Waals surface area contributed by atoms with Crippen molar-refractivity contribution >= 4 is 5.91 Å². The van der Waals surface area contributed by atoms with E-state index in [4.69, 9.17) is 5.11 Å². The molecule has 0 spiro atoms. The number of rotatable bonds is 1. The van der Waals surface area contributed by atoms with Crippen LogP contribution in [-0.2, 0) is 4.79 Å². The fraction of sp³-hybridized carbons (Fsp3) is 0.667. The Morgan fingerprint density at radius 3 is 2.10 bits per heavy atom. The van der Waals surface area contributed by atoms with E-state index in [0.29, 0.717) is 0 Å². The first kappa shape index (κ1) is 9.18. The molecule has 0 rings (SSSR count). The van der Waals surface area contributed by atoms with Gasteiger partial charge in [-0.15, -0.1) is 0 Å². The summed E-state index contributed by atoms with van der Waals surface area (Å²) in [4.78, 5) is 9.95. The molecule has 0 radical (unpaired) electrons. The summed E-state index contributed by atoms with van der Waals surface area (Å²) >= 11 is 0. The van der Waals surface area contributed by atoms with Gasteiger partial charge in [0, 0.05) is 0 Å². The third-order valence-corrected chi connectivity index (χ3v) is 0.701. The van der Waals surface area contributed by atoms with Gasteiger partial charge in [0.1, 0.15) is 0 Å². The van der Waals surface area contributed by atoms with Crippen molar-refractivity contribution in [2.75, 3.05) is 0 Å². The number of amides is 1. The van der Waals surface area contributed by atoms with Crippen LogP contribution in [0.5, 0.6) is 0 Å². The third-order valence-electron chi connectivity index (χ3n) is 0.701. The summed E-state index contributed by atoms with van der Waals surface area (Å²) in [5.74, 6) is 2.64. The third kappa shape index (κ3) is 2.19. The molecule has 0 aliphatic heterocycles. The summed E-state index contributed by atoms with van der Waals surface area (Å²) in [5.41, 5.74) is 1.16. The zero-order chi connectivity index (χ0) is 8.36. The Morgan fingerprint density at radius 1 is 1.60 bits per heavy atom. The van der Waals surface area contributed by atoms with Gasteiger partial charge in [0.25, 0.3) is 5.91 Å². The van der Waals surface area contributed by atoms with E-state index in [1.807, 2.05) is 0 Å². The van der Waals surface area contributed by atoms with Crippen molar-refractivity contribution < 1.29 is 23.1 Å². The molecule has 0 fully saturated rings. The van der Waals surface area contributed by atoms with E-state index < -0.39 is 18.2 Å². The highest BCUT2D eigenvalue weighted by molar-refractivity contribution is 5.80. The van der Waals surface area contributed by atoms with Crippen LogP contribution in [0, 0.1) is 0 Å². The van der Waals surface area contributed by atoms with Crippen LogP contribution >= 0.6 is 0 Å². The molecule has 10 heavy (non-hydrogen) atoms. The van der Waals surface area contributed by atoms with Crippen LogP contribution in [0.15, 0.2) is 0 Å². The second-order valence-electron chi connectivity index (χ2n) is 1.45. The summed E-state index contributed by atoms with van der Waals surface area (Å²) in [6, 6.07) is 0. The number of nitrogens with one attached hydrogen (secondary N) is 1. The number of hydrogen-bond donors (Lipinski definition) is 3. The predicted octanol–water partition coefficient (Wildman–Crippen LogP) is -1.10. The van der Waals surface area contributed by atoms with Gasteiger partial charge in [0.05, 0.1) is 0 Å². The molecule has 4 N–H and O–H groups in total. The van der Waals surface area contributed by atoms with Crippen LogP contribution in [0.3, 0.4) is 0 Å². The molecule has 7 heteroatoms. The lowest BCUT2D eigenvalue weighted by atomic mass is 10.3. The van der Waals surface area contributed by atoms with Gasteiger partial charge in [-0.3, -0.25) is 10.2 Å². The van der Waals surface area contributed by atoms with Crippen molar-refractivity contribution in [1.82, 2.24) is 5.43 Å². The molecule has 0 saturated carbocycles. The van der Waals surface area contributed by atoms with Crippen LogP contribution in [0.1, 0.15) is 0 Å². The quantitative estimate of drug-likeness (QED) is 0.257. The maximum Gasteiger partial charge on any atom is 0.423 e. The average Bonchev–Trinajstić information content (AvgIpc) is 1.83. The number of alkyl halides is 3. The molecule has 0 aliphatic rings. The Labute approximate surface area is 53.8 Å². The summed E-state index contributed by atoms with van der Waals surface area (Å²) in [6.45, 7) is 0. The Hall–Kier alpha value is -0.820. The first-order valence-corrected chi connectivity index (χ1v) is 2.15. The van der Waals surface area contributed by atoms with Crippen LogP contribution in [0.4, 0.5) is 13.2 Å². The van der Waals surface area contributed by atoms with Gasteiger partial charge in [0.2, 0.25) is 6.10 Å². The molecule has 0 aromatic rings. The minimum Gasteiger partial charge on any atom is -0.376 e. The Kier molecular flexibility index (Phi) is 2.61.